The summed E-state index contributed by atoms with van der Waals surface area (Å²) in [6, 6.07) is 5.87. The van der Waals surface area contributed by atoms with Crippen molar-refractivity contribution in [3.8, 4) is 11.5 Å². The van der Waals surface area contributed by atoms with Gasteiger partial charge in [0.1, 0.15) is 12.0 Å². The molecule has 0 radical (unpaired) electrons. The van der Waals surface area contributed by atoms with E-state index in [1.807, 2.05) is 0 Å². The van der Waals surface area contributed by atoms with Crippen LogP contribution >= 0.6 is 15.9 Å². The molecule has 0 fully saturated rings. The van der Waals surface area contributed by atoms with Gasteiger partial charge in [-0.05, 0) is 34.1 Å². The fourth-order valence-electron chi connectivity index (χ4n) is 1.55. The summed E-state index contributed by atoms with van der Waals surface area (Å²) in [6.45, 7) is 0. The zero-order valence-electron chi connectivity index (χ0n) is 11.4. The zero-order valence-corrected chi connectivity index (χ0v) is 12.9. The standard InChI is InChI=1S/C13H11BrN4O4/c1-22-12-4-8(10(14)5-11(12)19)6-16-17-13-3-2-9(7-15-13)18(20)21/h2-7,19H,1H3,(H,15,17)/b16-6+. The molecule has 0 aliphatic rings. The number of ether oxygens (including phenoxy) is 1. The number of anilines is 1. The van der Waals surface area contributed by atoms with Crippen LogP contribution in [0.2, 0.25) is 0 Å². The molecule has 0 aliphatic heterocycles. The van der Waals surface area contributed by atoms with Gasteiger partial charge in [0.2, 0.25) is 0 Å². The van der Waals surface area contributed by atoms with Crippen molar-refractivity contribution < 1.29 is 14.8 Å². The SMILES string of the molecule is COc1cc(/C=N/Nc2ccc([N+](=O)[O-])cn2)c(Br)cc1O. The van der Waals surface area contributed by atoms with Gasteiger partial charge >= 0.3 is 0 Å². The molecule has 1 aromatic heterocycles. The van der Waals surface area contributed by atoms with Crippen molar-refractivity contribution in [2.24, 2.45) is 5.10 Å². The van der Waals surface area contributed by atoms with Crippen LogP contribution in [0.1, 0.15) is 5.56 Å². The Morgan fingerprint density at radius 3 is 2.86 bits per heavy atom. The normalized spacial score (nSPS) is 10.6. The molecule has 1 heterocycles. The Labute approximate surface area is 133 Å². The molecule has 8 nitrogen and oxygen atoms in total. The van der Waals surface area contributed by atoms with Crippen LogP contribution in [0.25, 0.3) is 0 Å². The molecule has 2 aromatic rings. The molecule has 0 unspecified atom stereocenters. The van der Waals surface area contributed by atoms with Crippen molar-refractivity contribution >= 4 is 33.6 Å². The lowest BCUT2D eigenvalue weighted by atomic mass is 10.2. The summed E-state index contributed by atoms with van der Waals surface area (Å²) in [5.41, 5.74) is 3.22. The van der Waals surface area contributed by atoms with Gasteiger partial charge in [-0.1, -0.05) is 0 Å². The van der Waals surface area contributed by atoms with Crippen LogP contribution in [-0.4, -0.2) is 28.3 Å². The Balaban J connectivity index is 2.11. The van der Waals surface area contributed by atoms with E-state index in [9.17, 15) is 15.2 Å². The topological polar surface area (TPSA) is 110 Å². The fourth-order valence-corrected chi connectivity index (χ4v) is 1.98. The lowest BCUT2D eigenvalue weighted by Crippen LogP contribution is -1.96. The highest BCUT2D eigenvalue weighted by Crippen LogP contribution is 2.31. The van der Waals surface area contributed by atoms with Crippen molar-refractivity contribution in [3.05, 3.63) is 50.6 Å². The number of aromatic nitrogens is 1. The number of methoxy groups -OCH3 is 1. The summed E-state index contributed by atoms with van der Waals surface area (Å²) in [5.74, 6) is 0.693. The summed E-state index contributed by atoms with van der Waals surface area (Å²) in [6.07, 6.45) is 2.63. The van der Waals surface area contributed by atoms with Crippen LogP contribution in [0.15, 0.2) is 40.0 Å². The minimum absolute atomic E-state index is 0.0107. The molecular weight excluding hydrogens is 356 g/mol. The number of hydrogen-bond donors (Lipinski definition) is 2. The van der Waals surface area contributed by atoms with Crippen molar-refractivity contribution in [2.75, 3.05) is 12.5 Å². The predicted molar refractivity (Wildman–Crippen MR) is 84.5 cm³/mol. The molecule has 0 aliphatic carbocycles. The summed E-state index contributed by atoms with van der Waals surface area (Å²) in [7, 11) is 1.45. The number of hydrogen-bond acceptors (Lipinski definition) is 7. The maximum absolute atomic E-state index is 10.5. The van der Waals surface area contributed by atoms with Gasteiger partial charge in [0.05, 0.1) is 18.2 Å². The number of phenolic OH excluding ortho intramolecular Hbond substituents is 1. The van der Waals surface area contributed by atoms with E-state index in [0.717, 1.165) is 6.20 Å². The number of halogens is 1. The van der Waals surface area contributed by atoms with Gasteiger partial charge in [-0.15, -0.1) is 0 Å². The quantitative estimate of drug-likeness (QED) is 0.478. The molecule has 2 rings (SSSR count). The maximum atomic E-state index is 10.5. The minimum atomic E-state index is -0.528. The minimum Gasteiger partial charge on any atom is -0.504 e. The van der Waals surface area contributed by atoms with Crippen LogP contribution in [0.3, 0.4) is 0 Å². The van der Waals surface area contributed by atoms with Crippen molar-refractivity contribution in [1.29, 1.82) is 0 Å². The first-order chi connectivity index (χ1) is 10.5. The van der Waals surface area contributed by atoms with E-state index in [4.69, 9.17) is 4.74 Å². The van der Waals surface area contributed by atoms with Crippen molar-refractivity contribution in [1.82, 2.24) is 4.98 Å². The smallest absolute Gasteiger partial charge is 0.287 e. The molecular formula is C13H11BrN4O4. The van der Waals surface area contributed by atoms with E-state index < -0.39 is 4.92 Å². The molecule has 2 N–H and O–H groups in total. The third-order valence-corrected chi connectivity index (χ3v) is 3.33. The first-order valence-corrected chi connectivity index (χ1v) is 6.76. The van der Waals surface area contributed by atoms with Gasteiger partial charge in [-0.2, -0.15) is 5.10 Å². The van der Waals surface area contributed by atoms with Crippen molar-refractivity contribution in [3.63, 3.8) is 0 Å². The first-order valence-electron chi connectivity index (χ1n) is 5.97. The third-order valence-electron chi connectivity index (χ3n) is 2.64. The van der Waals surface area contributed by atoms with Gasteiger partial charge in [0.15, 0.2) is 11.5 Å². The molecule has 1 aromatic carbocycles. The number of nitrogens with one attached hydrogen (secondary N) is 1. The number of nitrogens with zero attached hydrogens (tertiary/aromatic N) is 3. The lowest BCUT2D eigenvalue weighted by molar-refractivity contribution is -0.385. The number of aromatic hydroxyl groups is 1. The Kier molecular flexibility index (Phi) is 4.89. The Morgan fingerprint density at radius 2 is 2.27 bits per heavy atom. The van der Waals surface area contributed by atoms with Crippen molar-refractivity contribution in [2.45, 2.75) is 0 Å². The molecule has 0 amide bonds. The lowest BCUT2D eigenvalue weighted by Gasteiger charge is -2.06. The van der Waals surface area contributed by atoms with E-state index in [1.165, 1.54) is 31.5 Å². The average Bonchev–Trinajstić information content (AvgIpc) is 2.50. The monoisotopic (exact) mass is 366 g/mol. The van der Waals surface area contributed by atoms with Crippen LogP contribution < -0.4 is 10.2 Å². The number of nitro groups is 1. The van der Waals surface area contributed by atoms with E-state index in [1.54, 1.807) is 6.07 Å². The average molecular weight is 367 g/mol. The molecule has 9 heteroatoms. The van der Waals surface area contributed by atoms with Gasteiger partial charge in [-0.25, -0.2) is 4.98 Å². The predicted octanol–water partition coefficient (Wildman–Crippen LogP) is 2.91. The first kappa shape index (κ1) is 15.7. The summed E-state index contributed by atoms with van der Waals surface area (Å²) >= 11 is 3.30. The number of phenols is 1. The Hall–Kier alpha value is -2.68. The molecule has 0 saturated carbocycles. The largest absolute Gasteiger partial charge is 0.504 e. The third kappa shape index (κ3) is 3.70. The van der Waals surface area contributed by atoms with E-state index in [2.05, 4.69) is 31.4 Å². The number of hydrazone groups is 1. The molecule has 114 valence electrons. The fraction of sp³-hybridized carbons (Fsp3) is 0.0769. The van der Waals surface area contributed by atoms with Gasteiger partial charge in [0, 0.05) is 16.1 Å². The van der Waals surface area contributed by atoms with E-state index in [0.29, 0.717) is 21.6 Å². The van der Waals surface area contributed by atoms with Gasteiger partial charge in [0.25, 0.3) is 5.69 Å². The van der Waals surface area contributed by atoms with Crippen LogP contribution in [0, 0.1) is 10.1 Å². The molecule has 22 heavy (non-hydrogen) atoms. The van der Waals surface area contributed by atoms with Crippen LogP contribution in [0.5, 0.6) is 11.5 Å². The summed E-state index contributed by atoms with van der Waals surface area (Å²) in [5, 5.41) is 24.1. The summed E-state index contributed by atoms with van der Waals surface area (Å²) in [4.78, 5) is 13.8. The van der Waals surface area contributed by atoms with E-state index >= 15 is 0 Å². The number of pyridine rings is 1. The highest BCUT2D eigenvalue weighted by Gasteiger charge is 2.07. The Bertz CT molecular complexity index is 719. The second-order valence-electron chi connectivity index (χ2n) is 4.07. The van der Waals surface area contributed by atoms with Gasteiger partial charge in [-0.3, -0.25) is 15.5 Å². The second-order valence-corrected chi connectivity index (χ2v) is 4.93. The number of benzene rings is 1. The molecule has 0 spiro atoms. The van der Waals surface area contributed by atoms with Crippen LogP contribution in [-0.2, 0) is 0 Å². The van der Waals surface area contributed by atoms with Gasteiger partial charge < -0.3 is 9.84 Å². The Morgan fingerprint density at radius 1 is 1.50 bits per heavy atom. The summed E-state index contributed by atoms with van der Waals surface area (Å²) < 4.78 is 5.64. The second kappa shape index (κ2) is 6.85. The van der Waals surface area contributed by atoms with Crippen LogP contribution in [0.4, 0.5) is 11.5 Å². The van der Waals surface area contributed by atoms with E-state index in [-0.39, 0.29) is 11.4 Å². The molecule has 0 saturated heterocycles. The highest BCUT2D eigenvalue weighted by molar-refractivity contribution is 9.10. The maximum Gasteiger partial charge on any atom is 0.287 e. The highest BCUT2D eigenvalue weighted by atomic mass is 79.9. The molecule has 0 atom stereocenters. The number of rotatable bonds is 5. The molecule has 0 bridgehead atoms. The zero-order chi connectivity index (χ0) is 16.1.